The first-order valence-corrected chi connectivity index (χ1v) is 16.4. The molecular weight excluding hydrogens is 694 g/mol. The summed E-state index contributed by atoms with van der Waals surface area (Å²) in [5.74, 6) is -7.37. The number of aromatic carboxylic acids is 1. The molecule has 0 fully saturated rings. The Bertz CT molecular complexity index is 1880. The first kappa shape index (κ1) is 40.8. The fourth-order valence-electron chi connectivity index (χ4n) is 5.45. The summed E-state index contributed by atoms with van der Waals surface area (Å²) in [5.41, 5.74) is 1.04. The van der Waals surface area contributed by atoms with Crippen molar-refractivity contribution in [2.24, 2.45) is 0 Å². The Kier molecular flexibility index (Phi) is 14.7. The van der Waals surface area contributed by atoms with Gasteiger partial charge in [0.05, 0.1) is 21.9 Å². The Morgan fingerprint density at radius 1 is 0.811 bits per heavy atom. The fraction of sp³-hybridized carbons (Fsp3) is 0.306. The molecule has 17 heteroatoms. The molecule has 3 aromatic carbocycles. The van der Waals surface area contributed by atoms with Gasteiger partial charge < -0.3 is 31.3 Å². The first-order chi connectivity index (χ1) is 25.1. The number of unbranched alkanes of at least 4 members (excludes halogenated alkanes) is 1. The van der Waals surface area contributed by atoms with Crippen molar-refractivity contribution in [1.82, 2.24) is 16.0 Å². The van der Waals surface area contributed by atoms with Crippen molar-refractivity contribution in [2.45, 2.75) is 64.5 Å². The van der Waals surface area contributed by atoms with Crippen molar-refractivity contribution in [3.05, 3.63) is 99.1 Å². The van der Waals surface area contributed by atoms with E-state index in [4.69, 9.17) is 0 Å². The maximum atomic E-state index is 13.1. The minimum atomic E-state index is -1.80. The molecule has 0 radical (unpaired) electrons. The SMILES string of the molecule is CCc1cc(CC(NC(C)=O)C(=O)NCCCCC(=O)NC(Cc2ccc([N+](=O)[O-])cc2)C(=O)O)ccc1N(C(=O)C(=O)O)c1ccccc1C(=O)O. The molecule has 4 amide bonds. The number of carbonyl (C=O) groups is 7. The smallest absolute Gasteiger partial charge is 0.395 e. The van der Waals surface area contributed by atoms with E-state index in [0.717, 1.165) is 4.90 Å². The Labute approximate surface area is 303 Å². The predicted octanol–water partition coefficient (Wildman–Crippen LogP) is 2.75. The molecule has 3 aromatic rings. The molecule has 0 aliphatic heterocycles. The zero-order valence-electron chi connectivity index (χ0n) is 28.9. The van der Waals surface area contributed by atoms with Crippen LogP contribution in [0.1, 0.15) is 60.2 Å². The molecule has 0 aliphatic rings. The van der Waals surface area contributed by atoms with Crippen molar-refractivity contribution in [3.63, 3.8) is 0 Å². The van der Waals surface area contributed by atoms with Crippen molar-refractivity contribution < 1.29 is 53.8 Å². The van der Waals surface area contributed by atoms with Gasteiger partial charge in [-0.2, -0.15) is 0 Å². The number of hydrogen-bond acceptors (Lipinski definition) is 9. The number of hydrogen-bond donors (Lipinski definition) is 6. The summed E-state index contributed by atoms with van der Waals surface area (Å²) in [4.78, 5) is 96.9. The number of nitrogens with zero attached hydrogens (tertiary/aromatic N) is 2. The third kappa shape index (κ3) is 11.7. The van der Waals surface area contributed by atoms with Gasteiger partial charge in [0.1, 0.15) is 12.1 Å². The molecule has 2 unspecified atom stereocenters. The lowest BCUT2D eigenvalue weighted by molar-refractivity contribution is -0.384. The Morgan fingerprint density at radius 3 is 2.04 bits per heavy atom. The van der Waals surface area contributed by atoms with Crippen LogP contribution in [0.5, 0.6) is 0 Å². The van der Waals surface area contributed by atoms with Gasteiger partial charge in [-0.1, -0.05) is 43.3 Å². The fourth-order valence-corrected chi connectivity index (χ4v) is 5.45. The van der Waals surface area contributed by atoms with Crippen LogP contribution in [0.15, 0.2) is 66.7 Å². The molecule has 0 spiro atoms. The van der Waals surface area contributed by atoms with E-state index >= 15 is 0 Å². The molecule has 0 aliphatic carbocycles. The summed E-state index contributed by atoms with van der Waals surface area (Å²) in [7, 11) is 0. The van der Waals surface area contributed by atoms with Gasteiger partial charge in [0.2, 0.25) is 17.7 Å². The third-order valence-electron chi connectivity index (χ3n) is 8.01. The van der Waals surface area contributed by atoms with E-state index in [-0.39, 0.29) is 54.9 Å². The predicted molar refractivity (Wildman–Crippen MR) is 189 cm³/mol. The van der Waals surface area contributed by atoms with Crippen LogP contribution in [0, 0.1) is 10.1 Å². The molecular formula is C36H39N5O12. The number of amides is 4. The largest absolute Gasteiger partial charge is 0.480 e. The zero-order chi connectivity index (χ0) is 39.2. The van der Waals surface area contributed by atoms with Crippen molar-refractivity contribution in [2.75, 3.05) is 11.4 Å². The number of benzene rings is 3. The van der Waals surface area contributed by atoms with Crippen LogP contribution in [0.4, 0.5) is 17.1 Å². The molecule has 17 nitrogen and oxygen atoms in total. The monoisotopic (exact) mass is 733 g/mol. The molecule has 2 atom stereocenters. The Morgan fingerprint density at radius 2 is 1.45 bits per heavy atom. The van der Waals surface area contributed by atoms with Crippen LogP contribution < -0.4 is 20.9 Å². The van der Waals surface area contributed by atoms with Gasteiger partial charge in [-0.25, -0.2) is 14.4 Å². The second kappa shape index (κ2) is 19.1. The summed E-state index contributed by atoms with van der Waals surface area (Å²) >= 11 is 0. The van der Waals surface area contributed by atoms with E-state index in [0.29, 0.717) is 29.5 Å². The van der Waals surface area contributed by atoms with Gasteiger partial charge in [0, 0.05) is 44.9 Å². The van der Waals surface area contributed by atoms with Gasteiger partial charge >= 0.3 is 23.8 Å². The van der Waals surface area contributed by atoms with E-state index in [1.54, 1.807) is 13.0 Å². The quantitative estimate of drug-likeness (QED) is 0.0477. The van der Waals surface area contributed by atoms with Crippen LogP contribution in [-0.2, 0) is 48.0 Å². The first-order valence-electron chi connectivity index (χ1n) is 16.4. The maximum absolute atomic E-state index is 13.1. The summed E-state index contributed by atoms with van der Waals surface area (Å²) < 4.78 is 0. The normalized spacial score (nSPS) is 11.7. The molecule has 3 rings (SSSR count). The molecule has 0 bridgehead atoms. The van der Waals surface area contributed by atoms with Crippen LogP contribution in [0.3, 0.4) is 0 Å². The number of nitrogens with one attached hydrogen (secondary N) is 3. The average molecular weight is 734 g/mol. The lowest BCUT2D eigenvalue weighted by atomic mass is 9.99. The van der Waals surface area contributed by atoms with Gasteiger partial charge in [0.25, 0.3) is 5.69 Å². The molecule has 53 heavy (non-hydrogen) atoms. The molecule has 0 saturated heterocycles. The highest BCUT2D eigenvalue weighted by Gasteiger charge is 2.30. The summed E-state index contributed by atoms with van der Waals surface area (Å²) in [6.45, 7) is 3.11. The van der Waals surface area contributed by atoms with Crippen molar-refractivity contribution in [3.8, 4) is 0 Å². The minimum absolute atomic E-state index is 0.00499. The highest BCUT2D eigenvalue weighted by atomic mass is 16.6. The number of rotatable bonds is 18. The number of carboxylic acids is 3. The summed E-state index contributed by atoms with van der Waals surface area (Å²) in [6, 6.07) is 13.1. The van der Waals surface area contributed by atoms with Crippen molar-refractivity contribution >= 4 is 58.6 Å². The Balaban J connectivity index is 1.63. The van der Waals surface area contributed by atoms with Crippen LogP contribution in [-0.4, -0.2) is 80.4 Å². The standard InChI is InChI=1S/C36H39N5O12/c1-3-24-18-23(13-16-29(24)40(33(45)36(50)51)30-9-5-4-8-26(30)34(46)47)20-27(38-21(2)42)32(44)37-17-7-6-10-31(43)39-28(35(48)49)19-22-11-14-25(15-12-22)41(52)53/h4-5,8-9,11-16,18,27-28H,3,6-7,10,17,19-20H2,1-2H3,(H,37,44)(H,38,42)(H,39,43)(H,46,47)(H,48,49)(H,50,51). The van der Waals surface area contributed by atoms with Gasteiger partial charge in [-0.3, -0.25) is 34.2 Å². The summed E-state index contributed by atoms with van der Waals surface area (Å²) in [5, 5.41) is 47.4. The lowest BCUT2D eigenvalue weighted by Gasteiger charge is -2.26. The second-order valence-electron chi connectivity index (χ2n) is 11.9. The topological polar surface area (TPSA) is 263 Å². The van der Waals surface area contributed by atoms with Crippen LogP contribution in [0.2, 0.25) is 0 Å². The number of carboxylic acid groups (broad SMARTS) is 3. The molecule has 0 saturated carbocycles. The van der Waals surface area contributed by atoms with E-state index in [2.05, 4.69) is 16.0 Å². The van der Waals surface area contributed by atoms with E-state index in [1.807, 2.05) is 0 Å². The number of anilines is 2. The maximum Gasteiger partial charge on any atom is 0.395 e. The second-order valence-corrected chi connectivity index (χ2v) is 11.9. The lowest BCUT2D eigenvalue weighted by Crippen LogP contribution is -2.47. The van der Waals surface area contributed by atoms with E-state index in [1.165, 1.54) is 67.6 Å². The van der Waals surface area contributed by atoms with Crippen LogP contribution in [0.25, 0.3) is 0 Å². The van der Waals surface area contributed by atoms with Crippen LogP contribution >= 0.6 is 0 Å². The highest BCUT2D eigenvalue weighted by molar-refractivity contribution is 6.39. The van der Waals surface area contributed by atoms with Gasteiger partial charge in [-0.15, -0.1) is 0 Å². The van der Waals surface area contributed by atoms with E-state index < -0.39 is 58.5 Å². The zero-order valence-corrected chi connectivity index (χ0v) is 28.9. The third-order valence-corrected chi connectivity index (χ3v) is 8.01. The number of non-ortho nitro benzene ring substituents is 1. The Hall–Kier alpha value is -6.65. The minimum Gasteiger partial charge on any atom is -0.480 e. The summed E-state index contributed by atoms with van der Waals surface area (Å²) in [6.07, 6.45) is 0.797. The molecule has 0 heterocycles. The van der Waals surface area contributed by atoms with Crippen molar-refractivity contribution in [1.29, 1.82) is 0 Å². The number of nitro groups is 1. The molecule has 280 valence electrons. The number of para-hydroxylation sites is 1. The number of carbonyl (C=O) groups excluding carboxylic acids is 4. The van der Waals surface area contributed by atoms with Gasteiger partial charge in [0.15, 0.2) is 0 Å². The molecule has 0 aromatic heterocycles. The number of aliphatic carboxylic acids is 2. The molecule has 6 N–H and O–H groups in total. The van der Waals surface area contributed by atoms with Gasteiger partial charge in [-0.05, 0) is 54.2 Å². The highest BCUT2D eigenvalue weighted by Crippen LogP contribution is 2.33. The number of aryl methyl sites for hydroxylation is 1. The average Bonchev–Trinajstić information content (AvgIpc) is 3.11. The van der Waals surface area contributed by atoms with E-state index in [9.17, 15) is 59.0 Å². The number of nitro benzene ring substituents is 1.